The summed E-state index contributed by atoms with van der Waals surface area (Å²) >= 11 is 1.77. The lowest BCUT2D eigenvalue weighted by Gasteiger charge is -2.35. The Morgan fingerprint density at radius 2 is 1.89 bits per heavy atom. The minimum absolute atomic E-state index is 0.0105. The number of anilines is 1. The van der Waals surface area contributed by atoms with Crippen LogP contribution >= 0.6 is 11.3 Å². The van der Waals surface area contributed by atoms with Gasteiger partial charge in [-0.25, -0.2) is 4.39 Å². The van der Waals surface area contributed by atoms with Gasteiger partial charge in [-0.15, -0.1) is 11.3 Å². The summed E-state index contributed by atoms with van der Waals surface area (Å²) in [7, 11) is 0. The molecule has 3 aromatic rings. The number of benzene rings is 2. The second-order valence-electron chi connectivity index (χ2n) is 6.77. The van der Waals surface area contributed by atoms with Gasteiger partial charge in [0.2, 0.25) is 5.91 Å². The zero-order valence-corrected chi connectivity index (χ0v) is 15.9. The molecule has 138 valence electrons. The lowest BCUT2D eigenvalue weighted by Crippen LogP contribution is -2.38. The minimum atomic E-state index is -0.224. The standard InChI is InChI=1S/C22H21FN2OS/c1-15(26)25-12-10-21-20(11-13-27-21)22(25)17-4-8-19(9-5-17)24-14-16-2-6-18(23)7-3-16/h2-9,11,13,22,24H,10,12,14H2,1H3/t22-/m0/s1. The third-order valence-electron chi connectivity index (χ3n) is 5.01. The van der Waals surface area contributed by atoms with E-state index in [1.54, 1.807) is 30.4 Å². The number of rotatable bonds is 4. The van der Waals surface area contributed by atoms with Crippen molar-refractivity contribution in [3.8, 4) is 0 Å². The van der Waals surface area contributed by atoms with Crippen molar-refractivity contribution in [3.05, 3.63) is 87.4 Å². The second-order valence-corrected chi connectivity index (χ2v) is 7.77. The van der Waals surface area contributed by atoms with Gasteiger partial charge in [-0.2, -0.15) is 0 Å². The number of nitrogens with zero attached hydrogens (tertiary/aromatic N) is 1. The Hall–Kier alpha value is -2.66. The highest BCUT2D eigenvalue weighted by molar-refractivity contribution is 7.10. The van der Waals surface area contributed by atoms with Crippen LogP contribution in [-0.2, 0) is 17.8 Å². The van der Waals surface area contributed by atoms with Gasteiger partial charge in [0.15, 0.2) is 0 Å². The Labute approximate surface area is 162 Å². The summed E-state index contributed by atoms with van der Waals surface area (Å²) in [4.78, 5) is 15.5. The Kier molecular flexibility index (Phi) is 4.94. The molecule has 1 atom stereocenters. The van der Waals surface area contributed by atoms with Gasteiger partial charge in [0.1, 0.15) is 5.82 Å². The maximum absolute atomic E-state index is 13.0. The zero-order chi connectivity index (χ0) is 18.8. The molecular formula is C22H21FN2OS. The Morgan fingerprint density at radius 1 is 1.15 bits per heavy atom. The summed E-state index contributed by atoms with van der Waals surface area (Å²) in [5.41, 5.74) is 4.39. The molecule has 1 amide bonds. The van der Waals surface area contributed by atoms with Gasteiger partial charge in [0, 0.05) is 30.6 Å². The third-order valence-corrected chi connectivity index (χ3v) is 6.00. The van der Waals surface area contributed by atoms with E-state index in [4.69, 9.17) is 0 Å². The molecule has 4 rings (SSSR count). The van der Waals surface area contributed by atoms with Crippen LogP contribution in [0, 0.1) is 5.82 Å². The van der Waals surface area contributed by atoms with Gasteiger partial charge in [0.25, 0.3) is 0 Å². The lowest BCUT2D eigenvalue weighted by atomic mass is 9.93. The van der Waals surface area contributed by atoms with E-state index in [1.807, 2.05) is 17.0 Å². The van der Waals surface area contributed by atoms with E-state index in [2.05, 4.69) is 28.9 Å². The van der Waals surface area contributed by atoms with E-state index in [1.165, 1.54) is 22.6 Å². The average Bonchev–Trinajstić information content (AvgIpc) is 3.16. The third kappa shape index (κ3) is 3.74. The van der Waals surface area contributed by atoms with Crippen molar-refractivity contribution in [2.24, 2.45) is 0 Å². The van der Waals surface area contributed by atoms with Gasteiger partial charge in [-0.3, -0.25) is 4.79 Å². The summed E-state index contributed by atoms with van der Waals surface area (Å²) in [6.45, 7) is 3.04. The van der Waals surface area contributed by atoms with Gasteiger partial charge < -0.3 is 10.2 Å². The fourth-order valence-electron chi connectivity index (χ4n) is 3.60. The minimum Gasteiger partial charge on any atom is -0.381 e. The highest BCUT2D eigenvalue weighted by Gasteiger charge is 2.31. The number of amides is 1. The van der Waals surface area contributed by atoms with E-state index in [-0.39, 0.29) is 17.8 Å². The van der Waals surface area contributed by atoms with Gasteiger partial charge in [-0.1, -0.05) is 24.3 Å². The average molecular weight is 380 g/mol. The molecule has 0 bridgehead atoms. The molecule has 1 N–H and O–H groups in total. The SMILES string of the molecule is CC(=O)N1CCc2sccc2[C@@H]1c1ccc(NCc2ccc(F)cc2)cc1. The monoisotopic (exact) mass is 380 g/mol. The topological polar surface area (TPSA) is 32.3 Å². The summed E-state index contributed by atoms with van der Waals surface area (Å²) < 4.78 is 13.0. The number of halogens is 1. The molecule has 1 aliphatic heterocycles. The molecule has 27 heavy (non-hydrogen) atoms. The molecule has 0 aliphatic carbocycles. The van der Waals surface area contributed by atoms with E-state index < -0.39 is 0 Å². The molecule has 0 unspecified atom stereocenters. The first-order valence-electron chi connectivity index (χ1n) is 9.03. The van der Waals surface area contributed by atoms with Crippen molar-refractivity contribution in [2.75, 3.05) is 11.9 Å². The van der Waals surface area contributed by atoms with Crippen LogP contribution in [0.4, 0.5) is 10.1 Å². The van der Waals surface area contributed by atoms with Crippen LogP contribution in [0.1, 0.15) is 34.5 Å². The highest BCUT2D eigenvalue weighted by Crippen LogP contribution is 2.38. The van der Waals surface area contributed by atoms with E-state index >= 15 is 0 Å². The number of thiophene rings is 1. The molecule has 2 aromatic carbocycles. The van der Waals surface area contributed by atoms with Crippen molar-refractivity contribution in [1.82, 2.24) is 4.90 Å². The Morgan fingerprint density at radius 3 is 2.59 bits per heavy atom. The van der Waals surface area contributed by atoms with Crippen molar-refractivity contribution in [2.45, 2.75) is 25.9 Å². The van der Waals surface area contributed by atoms with E-state index in [0.29, 0.717) is 6.54 Å². The van der Waals surface area contributed by atoms with Crippen LogP contribution in [0.15, 0.2) is 60.0 Å². The first-order valence-corrected chi connectivity index (χ1v) is 9.91. The predicted octanol–water partition coefficient (Wildman–Crippen LogP) is 4.99. The number of hydrogen-bond donors (Lipinski definition) is 1. The van der Waals surface area contributed by atoms with E-state index in [9.17, 15) is 9.18 Å². The summed E-state index contributed by atoms with van der Waals surface area (Å²) in [5.74, 6) is -0.117. The second kappa shape index (κ2) is 7.53. The summed E-state index contributed by atoms with van der Waals surface area (Å²) in [6.07, 6.45) is 0.931. The summed E-state index contributed by atoms with van der Waals surface area (Å²) in [5, 5.41) is 5.47. The number of hydrogen-bond acceptors (Lipinski definition) is 3. The number of nitrogens with one attached hydrogen (secondary N) is 1. The number of carbonyl (C=O) groups is 1. The molecule has 0 saturated heterocycles. The van der Waals surface area contributed by atoms with E-state index in [0.717, 1.165) is 29.8 Å². The van der Waals surface area contributed by atoms with Crippen molar-refractivity contribution >= 4 is 22.9 Å². The number of fused-ring (bicyclic) bond motifs is 1. The van der Waals surface area contributed by atoms with Crippen molar-refractivity contribution < 1.29 is 9.18 Å². The van der Waals surface area contributed by atoms with Crippen LogP contribution in [0.25, 0.3) is 0 Å². The quantitative estimate of drug-likeness (QED) is 0.691. The largest absolute Gasteiger partial charge is 0.381 e. The van der Waals surface area contributed by atoms with Crippen LogP contribution in [-0.4, -0.2) is 17.4 Å². The van der Waals surface area contributed by atoms with Crippen LogP contribution in [0.3, 0.4) is 0 Å². The Bertz CT molecular complexity index is 934. The summed E-state index contributed by atoms with van der Waals surface area (Å²) in [6, 6.07) is 16.9. The highest BCUT2D eigenvalue weighted by atomic mass is 32.1. The van der Waals surface area contributed by atoms with Crippen LogP contribution in [0.5, 0.6) is 0 Å². The van der Waals surface area contributed by atoms with Crippen LogP contribution in [0.2, 0.25) is 0 Å². The first kappa shape index (κ1) is 17.7. The lowest BCUT2D eigenvalue weighted by molar-refractivity contribution is -0.130. The fraction of sp³-hybridized carbons (Fsp3) is 0.227. The predicted molar refractivity (Wildman–Crippen MR) is 107 cm³/mol. The molecule has 0 fully saturated rings. The molecule has 0 spiro atoms. The van der Waals surface area contributed by atoms with Gasteiger partial charge in [-0.05, 0) is 58.8 Å². The molecule has 2 heterocycles. The molecule has 3 nitrogen and oxygen atoms in total. The molecule has 5 heteroatoms. The molecule has 1 aromatic heterocycles. The zero-order valence-electron chi connectivity index (χ0n) is 15.1. The molecule has 0 saturated carbocycles. The van der Waals surface area contributed by atoms with Gasteiger partial charge in [0.05, 0.1) is 6.04 Å². The smallest absolute Gasteiger partial charge is 0.220 e. The maximum atomic E-state index is 13.0. The maximum Gasteiger partial charge on any atom is 0.220 e. The Balaban J connectivity index is 1.52. The normalized spacial score (nSPS) is 16.1. The number of carbonyl (C=O) groups excluding carboxylic acids is 1. The van der Waals surface area contributed by atoms with Crippen molar-refractivity contribution in [1.29, 1.82) is 0 Å². The molecule has 1 aliphatic rings. The van der Waals surface area contributed by atoms with Gasteiger partial charge >= 0.3 is 0 Å². The van der Waals surface area contributed by atoms with Crippen molar-refractivity contribution in [3.63, 3.8) is 0 Å². The first-order chi connectivity index (χ1) is 13.1. The molecule has 0 radical (unpaired) electrons. The molecular weight excluding hydrogens is 359 g/mol. The van der Waals surface area contributed by atoms with Crippen LogP contribution < -0.4 is 5.32 Å². The fourth-order valence-corrected chi connectivity index (χ4v) is 4.51.